The predicted molar refractivity (Wildman–Crippen MR) is 70.0 cm³/mol. The molecule has 0 saturated heterocycles. The molecule has 0 aliphatic carbocycles. The average molecular weight is 277 g/mol. The summed E-state index contributed by atoms with van der Waals surface area (Å²) in [6.45, 7) is 0. The van der Waals surface area contributed by atoms with Crippen molar-refractivity contribution >= 4 is 11.3 Å². The van der Waals surface area contributed by atoms with E-state index >= 15 is 0 Å². The molecule has 3 aromatic rings. The molecule has 0 fully saturated rings. The maximum absolute atomic E-state index is 12.8. The number of anilines is 1. The summed E-state index contributed by atoms with van der Waals surface area (Å²) in [6, 6.07) is 11.0. The van der Waals surface area contributed by atoms with E-state index in [9.17, 15) is 13.2 Å². The summed E-state index contributed by atoms with van der Waals surface area (Å²) in [5, 5.41) is 4.04. The second-order valence-electron chi connectivity index (χ2n) is 4.37. The highest BCUT2D eigenvalue weighted by molar-refractivity contribution is 5.88. The van der Waals surface area contributed by atoms with E-state index in [4.69, 9.17) is 5.73 Å². The van der Waals surface area contributed by atoms with E-state index in [2.05, 4.69) is 5.10 Å². The van der Waals surface area contributed by atoms with Crippen LogP contribution in [0.1, 0.15) is 5.56 Å². The lowest BCUT2D eigenvalue weighted by molar-refractivity contribution is -0.137. The highest BCUT2D eigenvalue weighted by atomic mass is 19.4. The Morgan fingerprint density at radius 2 is 1.75 bits per heavy atom. The first kappa shape index (κ1) is 12.5. The summed E-state index contributed by atoms with van der Waals surface area (Å²) in [5.74, 6) is 0.204. The number of benzene rings is 1. The zero-order chi connectivity index (χ0) is 14.3. The van der Waals surface area contributed by atoms with Crippen molar-refractivity contribution in [1.82, 2.24) is 9.61 Å². The largest absolute Gasteiger partial charge is 0.416 e. The molecule has 0 spiro atoms. The molecule has 0 unspecified atom stereocenters. The number of halogens is 3. The first-order valence-electron chi connectivity index (χ1n) is 5.87. The molecule has 2 aromatic heterocycles. The third-order valence-corrected chi connectivity index (χ3v) is 3.05. The molecule has 0 aliphatic rings. The fourth-order valence-electron chi connectivity index (χ4n) is 2.14. The third kappa shape index (κ3) is 1.99. The van der Waals surface area contributed by atoms with Crippen molar-refractivity contribution in [3.8, 4) is 11.1 Å². The highest BCUT2D eigenvalue weighted by Crippen LogP contribution is 2.34. The van der Waals surface area contributed by atoms with E-state index < -0.39 is 11.7 Å². The number of nitrogens with two attached hydrogens (primary N) is 1. The summed E-state index contributed by atoms with van der Waals surface area (Å²) in [7, 11) is 0. The van der Waals surface area contributed by atoms with Crippen molar-refractivity contribution in [3.63, 3.8) is 0 Å². The van der Waals surface area contributed by atoms with Crippen LogP contribution in [0.2, 0.25) is 0 Å². The number of alkyl halides is 3. The van der Waals surface area contributed by atoms with Crippen LogP contribution < -0.4 is 5.73 Å². The Labute approximate surface area is 112 Å². The Kier molecular flexibility index (Phi) is 2.67. The summed E-state index contributed by atoms with van der Waals surface area (Å²) in [6.07, 6.45) is -3.13. The van der Waals surface area contributed by atoms with Gasteiger partial charge in [0.05, 0.1) is 16.6 Å². The molecule has 0 atom stereocenters. The van der Waals surface area contributed by atoms with E-state index in [0.717, 1.165) is 17.7 Å². The number of pyridine rings is 1. The normalized spacial score (nSPS) is 11.9. The molecule has 0 saturated carbocycles. The monoisotopic (exact) mass is 277 g/mol. The number of rotatable bonds is 1. The van der Waals surface area contributed by atoms with E-state index in [-0.39, 0.29) is 5.82 Å². The molecule has 20 heavy (non-hydrogen) atoms. The molecule has 0 amide bonds. The standard InChI is InChI=1S/C14H10F3N3/c15-14(16,17)10-6-7-20-11(8-10)12(13(18)19-20)9-4-2-1-3-5-9/h1-8H,(H2,18,19). The topological polar surface area (TPSA) is 43.3 Å². The fourth-order valence-corrected chi connectivity index (χ4v) is 2.14. The maximum Gasteiger partial charge on any atom is 0.416 e. The third-order valence-electron chi connectivity index (χ3n) is 3.05. The molecule has 0 aliphatic heterocycles. The summed E-state index contributed by atoms with van der Waals surface area (Å²) in [4.78, 5) is 0. The van der Waals surface area contributed by atoms with Gasteiger partial charge in [-0.2, -0.15) is 18.3 Å². The molecular weight excluding hydrogens is 267 g/mol. The average Bonchev–Trinajstić information content (AvgIpc) is 2.73. The Morgan fingerprint density at radius 3 is 2.40 bits per heavy atom. The minimum Gasteiger partial charge on any atom is -0.382 e. The van der Waals surface area contributed by atoms with Gasteiger partial charge in [-0.3, -0.25) is 0 Å². The van der Waals surface area contributed by atoms with Crippen molar-refractivity contribution in [3.05, 3.63) is 54.2 Å². The van der Waals surface area contributed by atoms with Crippen LogP contribution in [0.15, 0.2) is 48.7 Å². The van der Waals surface area contributed by atoms with Gasteiger partial charge in [-0.25, -0.2) is 4.52 Å². The van der Waals surface area contributed by atoms with Crippen molar-refractivity contribution in [2.75, 3.05) is 5.73 Å². The molecule has 3 nitrogen and oxygen atoms in total. The number of hydrogen-bond acceptors (Lipinski definition) is 2. The van der Waals surface area contributed by atoms with Crippen LogP contribution in [0.25, 0.3) is 16.6 Å². The van der Waals surface area contributed by atoms with Gasteiger partial charge >= 0.3 is 6.18 Å². The van der Waals surface area contributed by atoms with Crippen molar-refractivity contribution in [1.29, 1.82) is 0 Å². The Morgan fingerprint density at radius 1 is 1.05 bits per heavy atom. The molecule has 102 valence electrons. The zero-order valence-electron chi connectivity index (χ0n) is 10.2. The van der Waals surface area contributed by atoms with Gasteiger partial charge in [-0.15, -0.1) is 0 Å². The first-order valence-corrected chi connectivity index (χ1v) is 5.87. The molecule has 1 aromatic carbocycles. The summed E-state index contributed by atoms with van der Waals surface area (Å²) >= 11 is 0. The smallest absolute Gasteiger partial charge is 0.382 e. The van der Waals surface area contributed by atoms with Crippen LogP contribution in [-0.2, 0) is 6.18 Å². The van der Waals surface area contributed by atoms with Crippen molar-refractivity contribution in [2.24, 2.45) is 0 Å². The van der Waals surface area contributed by atoms with Crippen LogP contribution >= 0.6 is 0 Å². The van der Waals surface area contributed by atoms with Crippen LogP contribution in [0.4, 0.5) is 19.0 Å². The van der Waals surface area contributed by atoms with Crippen LogP contribution in [-0.4, -0.2) is 9.61 Å². The SMILES string of the molecule is Nc1nn2ccc(C(F)(F)F)cc2c1-c1ccccc1. The van der Waals surface area contributed by atoms with Gasteiger partial charge in [-0.05, 0) is 17.7 Å². The van der Waals surface area contributed by atoms with E-state index in [1.807, 2.05) is 6.07 Å². The molecule has 3 rings (SSSR count). The van der Waals surface area contributed by atoms with Crippen LogP contribution in [0, 0.1) is 0 Å². The molecule has 0 radical (unpaired) electrons. The Hall–Kier alpha value is -2.50. The lowest BCUT2D eigenvalue weighted by Gasteiger charge is -2.07. The van der Waals surface area contributed by atoms with Crippen molar-refractivity contribution < 1.29 is 13.2 Å². The summed E-state index contributed by atoms with van der Waals surface area (Å²) in [5.41, 5.74) is 6.69. The zero-order valence-corrected chi connectivity index (χ0v) is 10.2. The van der Waals surface area contributed by atoms with Gasteiger partial charge in [0.2, 0.25) is 0 Å². The number of hydrogen-bond donors (Lipinski definition) is 1. The highest BCUT2D eigenvalue weighted by Gasteiger charge is 2.31. The van der Waals surface area contributed by atoms with Crippen LogP contribution in [0.5, 0.6) is 0 Å². The van der Waals surface area contributed by atoms with Gasteiger partial charge in [0.25, 0.3) is 0 Å². The molecule has 6 heteroatoms. The van der Waals surface area contributed by atoms with Gasteiger partial charge < -0.3 is 5.73 Å². The molecule has 2 N–H and O–H groups in total. The van der Waals surface area contributed by atoms with E-state index in [1.165, 1.54) is 10.7 Å². The van der Waals surface area contributed by atoms with Gasteiger partial charge in [0, 0.05) is 6.20 Å². The number of aromatic nitrogens is 2. The Bertz CT molecular complexity index is 760. The van der Waals surface area contributed by atoms with Gasteiger partial charge in [-0.1, -0.05) is 30.3 Å². The second-order valence-corrected chi connectivity index (χ2v) is 4.37. The minimum atomic E-state index is -4.39. The molecule has 2 heterocycles. The maximum atomic E-state index is 12.8. The van der Waals surface area contributed by atoms with E-state index in [0.29, 0.717) is 11.1 Å². The lowest BCUT2D eigenvalue weighted by Crippen LogP contribution is -2.05. The molecular formula is C14H10F3N3. The quantitative estimate of drug-likeness (QED) is 0.738. The number of nitrogens with zero attached hydrogens (tertiary/aromatic N) is 2. The lowest BCUT2D eigenvalue weighted by atomic mass is 10.1. The summed E-state index contributed by atoms with van der Waals surface area (Å²) < 4.78 is 39.7. The first-order chi connectivity index (χ1) is 9.47. The van der Waals surface area contributed by atoms with Gasteiger partial charge in [0.1, 0.15) is 0 Å². The van der Waals surface area contributed by atoms with Gasteiger partial charge in [0.15, 0.2) is 5.82 Å². The van der Waals surface area contributed by atoms with Crippen molar-refractivity contribution in [2.45, 2.75) is 6.18 Å². The Balaban J connectivity index is 2.29. The van der Waals surface area contributed by atoms with E-state index in [1.54, 1.807) is 24.3 Å². The predicted octanol–water partition coefficient (Wildman–Crippen LogP) is 3.60. The minimum absolute atomic E-state index is 0.204. The van der Waals surface area contributed by atoms with Crippen LogP contribution in [0.3, 0.4) is 0 Å². The fraction of sp³-hybridized carbons (Fsp3) is 0.0714. The number of fused-ring (bicyclic) bond motifs is 1. The number of nitrogen functional groups attached to an aromatic ring is 1. The second kappa shape index (κ2) is 4.26. The molecule has 0 bridgehead atoms.